The maximum Gasteiger partial charge on any atom is 0.228 e. The van der Waals surface area contributed by atoms with Crippen molar-refractivity contribution in [1.29, 1.82) is 0 Å². The van der Waals surface area contributed by atoms with Gasteiger partial charge in [-0.2, -0.15) is 0 Å². The van der Waals surface area contributed by atoms with Gasteiger partial charge in [0.25, 0.3) is 0 Å². The number of hydrogen-bond acceptors (Lipinski definition) is 3. The highest BCUT2D eigenvalue weighted by atomic mass is 32.1. The van der Waals surface area contributed by atoms with E-state index in [-0.39, 0.29) is 18.6 Å². The zero-order chi connectivity index (χ0) is 12.1. The molecule has 94 valence electrons. The summed E-state index contributed by atoms with van der Waals surface area (Å²) in [6.45, 7) is 1.03. The number of carbonyl (C=O) groups is 1. The SMILES string of the molecule is O=C(Cc1cccs1)N1CCCCC1CCO. The van der Waals surface area contributed by atoms with Crippen LogP contribution in [0.2, 0.25) is 0 Å². The Labute approximate surface area is 106 Å². The van der Waals surface area contributed by atoms with Crippen molar-refractivity contribution in [3.63, 3.8) is 0 Å². The summed E-state index contributed by atoms with van der Waals surface area (Å²) in [4.78, 5) is 15.3. The Morgan fingerprint density at radius 1 is 1.53 bits per heavy atom. The van der Waals surface area contributed by atoms with Crippen LogP contribution in [-0.4, -0.2) is 35.1 Å². The Kier molecular flexibility index (Phi) is 4.57. The molecule has 0 spiro atoms. The van der Waals surface area contributed by atoms with E-state index in [0.29, 0.717) is 6.42 Å². The summed E-state index contributed by atoms with van der Waals surface area (Å²) >= 11 is 1.63. The number of aliphatic hydroxyl groups excluding tert-OH is 1. The van der Waals surface area contributed by atoms with Crippen LogP contribution in [0, 0.1) is 0 Å². The third-order valence-corrected chi connectivity index (χ3v) is 4.19. The second-order valence-electron chi connectivity index (χ2n) is 4.51. The molecule has 1 atom stereocenters. The lowest BCUT2D eigenvalue weighted by molar-refractivity contribution is -0.134. The van der Waals surface area contributed by atoms with Crippen LogP contribution in [-0.2, 0) is 11.2 Å². The van der Waals surface area contributed by atoms with E-state index in [4.69, 9.17) is 5.11 Å². The second-order valence-corrected chi connectivity index (χ2v) is 5.54. The number of aliphatic hydroxyl groups is 1. The molecular weight excluding hydrogens is 234 g/mol. The normalized spacial score (nSPS) is 20.5. The molecule has 1 amide bonds. The minimum Gasteiger partial charge on any atom is -0.396 e. The molecule has 0 aliphatic carbocycles. The molecule has 1 N–H and O–H groups in total. The van der Waals surface area contributed by atoms with E-state index in [1.807, 2.05) is 22.4 Å². The number of likely N-dealkylation sites (tertiary alicyclic amines) is 1. The van der Waals surface area contributed by atoms with Gasteiger partial charge in [-0.25, -0.2) is 0 Å². The Balaban J connectivity index is 1.96. The molecule has 2 heterocycles. The fraction of sp³-hybridized carbons (Fsp3) is 0.615. The van der Waals surface area contributed by atoms with Crippen molar-refractivity contribution in [2.24, 2.45) is 0 Å². The van der Waals surface area contributed by atoms with Gasteiger partial charge in [-0.1, -0.05) is 6.07 Å². The third kappa shape index (κ3) is 3.30. The average Bonchev–Trinajstić information content (AvgIpc) is 2.83. The molecular formula is C13H19NO2S. The van der Waals surface area contributed by atoms with Crippen LogP contribution in [0.15, 0.2) is 17.5 Å². The lowest BCUT2D eigenvalue weighted by Crippen LogP contribution is -2.44. The molecule has 0 radical (unpaired) electrons. The van der Waals surface area contributed by atoms with Crippen LogP contribution >= 0.6 is 11.3 Å². The highest BCUT2D eigenvalue weighted by Crippen LogP contribution is 2.21. The Morgan fingerprint density at radius 3 is 3.12 bits per heavy atom. The molecule has 1 aliphatic rings. The monoisotopic (exact) mass is 253 g/mol. The Bertz CT molecular complexity index is 348. The van der Waals surface area contributed by atoms with Gasteiger partial charge in [0.05, 0.1) is 6.42 Å². The first kappa shape index (κ1) is 12.6. The first-order chi connectivity index (χ1) is 8.31. The number of amides is 1. The lowest BCUT2D eigenvalue weighted by Gasteiger charge is -2.35. The Morgan fingerprint density at radius 2 is 2.41 bits per heavy atom. The molecule has 1 saturated heterocycles. The van der Waals surface area contributed by atoms with E-state index >= 15 is 0 Å². The van der Waals surface area contributed by atoms with Crippen molar-refractivity contribution in [1.82, 2.24) is 4.90 Å². The maximum absolute atomic E-state index is 12.2. The standard InChI is InChI=1S/C13H19NO2S/c15-8-6-11-4-1-2-7-14(11)13(16)10-12-5-3-9-17-12/h3,5,9,11,15H,1-2,4,6-8,10H2. The summed E-state index contributed by atoms with van der Waals surface area (Å²) < 4.78 is 0. The minimum absolute atomic E-state index is 0.174. The highest BCUT2D eigenvalue weighted by Gasteiger charge is 2.26. The number of piperidine rings is 1. The molecule has 1 unspecified atom stereocenters. The van der Waals surface area contributed by atoms with E-state index in [1.54, 1.807) is 11.3 Å². The molecule has 1 aromatic heterocycles. The number of thiophene rings is 1. The molecule has 1 aromatic rings. The van der Waals surface area contributed by atoms with Gasteiger partial charge in [0.2, 0.25) is 5.91 Å². The summed E-state index contributed by atoms with van der Waals surface area (Å²) in [7, 11) is 0. The van der Waals surface area contributed by atoms with Crippen molar-refractivity contribution in [3.05, 3.63) is 22.4 Å². The van der Waals surface area contributed by atoms with E-state index in [0.717, 1.165) is 30.7 Å². The van der Waals surface area contributed by atoms with Gasteiger partial charge in [0.15, 0.2) is 0 Å². The van der Waals surface area contributed by atoms with Crippen molar-refractivity contribution >= 4 is 17.2 Å². The van der Waals surface area contributed by atoms with E-state index in [2.05, 4.69) is 0 Å². The largest absolute Gasteiger partial charge is 0.396 e. The zero-order valence-electron chi connectivity index (χ0n) is 9.97. The molecule has 3 nitrogen and oxygen atoms in total. The summed E-state index contributed by atoms with van der Waals surface area (Å²) in [6.07, 6.45) is 4.54. The zero-order valence-corrected chi connectivity index (χ0v) is 10.8. The average molecular weight is 253 g/mol. The quantitative estimate of drug-likeness (QED) is 0.892. The van der Waals surface area contributed by atoms with Crippen LogP contribution < -0.4 is 0 Å². The van der Waals surface area contributed by atoms with E-state index in [1.165, 1.54) is 6.42 Å². The summed E-state index contributed by atoms with van der Waals surface area (Å²) in [5.41, 5.74) is 0. The van der Waals surface area contributed by atoms with E-state index in [9.17, 15) is 4.79 Å². The van der Waals surface area contributed by atoms with Crippen molar-refractivity contribution < 1.29 is 9.90 Å². The number of carbonyl (C=O) groups excluding carboxylic acids is 1. The molecule has 1 fully saturated rings. The van der Waals surface area contributed by atoms with Crippen LogP contribution in [0.25, 0.3) is 0 Å². The number of nitrogens with zero attached hydrogens (tertiary/aromatic N) is 1. The predicted octanol–water partition coefficient (Wildman–Crippen LogP) is 2.05. The van der Waals surface area contributed by atoms with E-state index < -0.39 is 0 Å². The molecule has 17 heavy (non-hydrogen) atoms. The smallest absolute Gasteiger partial charge is 0.228 e. The van der Waals surface area contributed by atoms with Crippen LogP contribution in [0.1, 0.15) is 30.6 Å². The molecule has 0 aromatic carbocycles. The van der Waals surface area contributed by atoms with Crippen LogP contribution in [0.3, 0.4) is 0 Å². The second kappa shape index (κ2) is 6.17. The Hall–Kier alpha value is -0.870. The van der Waals surface area contributed by atoms with Gasteiger partial charge in [0.1, 0.15) is 0 Å². The lowest BCUT2D eigenvalue weighted by atomic mass is 9.99. The van der Waals surface area contributed by atoms with Gasteiger partial charge in [-0.15, -0.1) is 11.3 Å². The minimum atomic E-state index is 0.174. The van der Waals surface area contributed by atoms with Crippen LogP contribution in [0.5, 0.6) is 0 Å². The molecule has 2 rings (SSSR count). The van der Waals surface area contributed by atoms with Crippen molar-refractivity contribution in [3.8, 4) is 0 Å². The van der Waals surface area contributed by atoms with Crippen molar-refractivity contribution in [2.75, 3.05) is 13.2 Å². The van der Waals surface area contributed by atoms with Gasteiger partial charge in [0, 0.05) is 24.1 Å². The first-order valence-electron chi connectivity index (χ1n) is 6.24. The molecule has 4 heteroatoms. The van der Waals surface area contributed by atoms with Crippen LogP contribution in [0.4, 0.5) is 0 Å². The number of rotatable bonds is 4. The highest BCUT2D eigenvalue weighted by molar-refractivity contribution is 7.10. The molecule has 0 saturated carbocycles. The summed E-state index contributed by atoms with van der Waals surface area (Å²) in [6, 6.07) is 4.24. The number of hydrogen-bond donors (Lipinski definition) is 1. The fourth-order valence-corrected chi connectivity index (χ4v) is 3.14. The summed E-state index contributed by atoms with van der Waals surface area (Å²) in [5.74, 6) is 0.214. The fourth-order valence-electron chi connectivity index (χ4n) is 2.44. The maximum atomic E-state index is 12.2. The molecule has 0 bridgehead atoms. The van der Waals surface area contributed by atoms with Gasteiger partial charge >= 0.3 is 0 Å². The first-order valence-corrected chi connectivity index (χ1v) is 7.12. The van der Waals surface area contributed by atoms with Crippen molar-refractivity contribution in [2.45, 2.75) is 38.1 Å². The van der Waals surface area contributed by atoms with Gasteiger partial charge in [-0.3, -0.25) is 4.79 Å². The third-order valence-electron chi connectivity index (χ3n) is 3.32. The predicted molar refractivity (Wildman–Crippen MR) is 69.1 cm³/mol. The topological polar surface area (TPSA) is 40.5 Å². The van der Waals surface area contributed by atoms with Gasteiger partial charge in [-0.05, 0) is 37.1 Å². The van der Waals surface area contributed by atoms with Gasteiger partial charge < -0.3 is 10.0 Å². The summed E-state index contributed by atoms with van der Waals surface area (Å²) in [5, 5.41) is 11.0. The molecule has 1 aliphatic heterocycles.